The summed E-state index contributed by atoms with van der Waals surface area (Å²) in [7, 11) is 1.42. The summed E-state index contributed by atoms with van der Waals surface area (Å²) < 4.78 is 20.4. The van der Waals surface area contributed by atoms with Crippen LogP contribution in [0.3, 0.4) is 0 Å². The Hall–Kier alpha value is -2.63. The van der Waals surface area contributed by atoms with Gasteiger partial charge in [0.05, 0.1) is 12.8 Å². The number of imidazole rings is 1. The van der Waals surface area contributed by atoms with E-state index in [-0.39, 0.29) is 11.7 Å². The molecule has 0 fully saturated rings. The minimum atomic E-state index is -0.459. The fourth-order valence-electron chi connectivity index (χ4n) is 2.16. The quantitative estimate of drug-likeness (QED) is 0.778. The van der Waals surface area contributed by atoms with E-state index in [2.05, 4.69) is 9.97 Å². The minimum absolute atomic E-state index is 0.181. The molecule has 20 heavy (non-hydrogen) atoms. The summed E-state index contributed by atoms with van der Waals surface area (Å²) in [6.45, 7) is 1.93. The van der Waals surface area contributed by atoms with Crippen LogP contribution in [-0.2, 0) is 0 Å². The summed E-state index contributed by atoms with van der Waals surface area (Å²) in [6, 6.07) is 6.46. The first-order valence-corrected chi connectivity index (χ1v) is 6.05. The number of benzene rings is 1. The van der Waals surface area contributed by atoms with Crippen LogP contribution in [0.5, 0.6) is 5.75 Å². The van der Waals surface area contributed by atoms with Crippen molar-refractivity contribution in [3.63, 3.8) is 0 Å². The Morgan fingerprint density at radius 3 is 2.80 bits per heavy atom. The second kappa shape index (κ2) is 4.48. The molecule has 2 aromatic heterocycles. The highest BCUT2D eigenvalue weighted by Crippen LogP contribution is 2.26. The van der Waals surface area contributed by atoms with Crippen molar-refractivity contribution in [2.75, 3.05) is 12.8 Å². The van der Waals surface area contributed by atoms with Crippen LogP contribution in [0, 0.1) is 12.7 Å². The largest absolute Gasteiger partial charge is 0.494 e. The maximum Gasteiger partial charge on any atom is 0.207 e. The molecule has 0 radical (unpaired) electrons. The second-order valence-corrected chi connectivity index (χ2v) is 4.42. The molecule has 0 amide bonds. The van der Waals surface area contributed by atoms with Gasteiger partial charge in [-0.3, -0.25) is 4.57 Å². The molecule has 0 unspecified atom stereocenters. The van der Waals surface area contributed by atoms with E-state index in [1.807, 2.05) is 13.0 Å². The summed E-state index contributed by atoms with van der Waals surface area (Å²) in [5.41, 5.74) is 8.77. The zero-order valence-corrected chi connectivity index (χ0v) is 11.1. The van der Waals surface area contributed by atoms with Crippen LogP contribution in [0.4, 0.5) is 10.3 Å². The lowest BCUT2D eigenvalue weighted by Crippen LogP contribution is -2.02. The van der Waals surface area contributed by atoms with Crippen molar-refractivity contribution in [1.82, 2.24) is 14.5 Å². The van der Waals surface area contributed by atoms with E-state index < -0.39 is 5.82 Å². The lowest BCUT2D eigenvalue weighted by molar-refractivity contribution is 0.386. The third kappa shape index (κ3) is 1.77. The van der Waals surface area contributed by atoms with E-state index in [0.29, 0.717) is 16.9 Å². The van der Waals surface area contributed by atoms with Crippen LogP contribution in [0.2, 0.25) is 0 Å². The van der Waals surface area contributed by atoms with Crippen LogP contribution in [-0.4, -0.2) is 21.6 Å². The molecule has 0 aliphatic rings. The highest BCUT2D eigenvalue weighted by molar-refractivity contribution is 5.79. The Kier molecular flexibility index (Phi) is 2.78. The standard InChI is InChI=1S/C14H13FN4O/c1-8-5-6-17-13-12(8)18-14(16)19(13)9-3-4-11(20-2)10(15)7-9/h3-7H,1-2H3,(H2,16,18). The lowest BCUT2D eigenvalue weighted by atomic mass is 10.2. The van der Waals surface area contributed by atoms with Crippen molar-refractivity contribution in [2.45, 2.75) is 6.92 Å². The van der Waals surface area contributed by atoms with Crippen LogP contribution >= 0.6 is 0 Å². The number of nitrogen functional groups attached to an aromatic ring is 1. The lowest BCUT2D eigenvalue weighted by Gasteiger charge is -2.08. The topological polar surface area (TPSA) is 66.0 Å². The molecule has 3 aromatic rings. The summed E-state index contributed by atoms with van der Waals surface area (Å²) >= 11 is 0. The second-order valence-electron chi connectivity index (χ2n) is 4.42. The van der Waals surface area contributed by atoms with Crippen LogP contribution < -0.4 is 10.5 Å². The van der Waals surface area contributed by atoms with Crippen LogP contribution in [0.1, 0.15) is 5.56 Å². The zero-order valence-electron chi connectivity index (χ0n) is 11.1. The molecular formula is C14H13FN4O. The smallest absolute Gasteiger partial charge is 0.207 e. The van der Waals surface area contributed by atoms with Gasteiger partial charge >= 0.3 is 0 Å². The van der Waals surface area contributed by atoms with Gasteiger partial charge in [0.15, 0.2) is 17.2 Å². The zero-order chi connectivity index (χ0) is 14.3. The average Bonchev–Trinajstić information content (AvgIpc) is 2.76. The molecule has 0 aliphatic carbocycles. The number of fused-ring (bicyclic) bond motifs is 1. The van der Waals surface area contributed by atoms with Crippen LogP contribution in [0.15, 0.2) is 30.5 Å². The Bertz CT molecular complexity index is 797. The summed E-state index contributed by atoms with van der Waals surface area (Å²) in [5, 5.41) is 0. The van der Waals surface area contributed by atoms with Crippen molar-refractivity contribution in [2.24, 2.45) is 0 Å². The molecule has 0 spiro atoms. The van der Waals surface area contributed by atoms with Crippen molar-refractivity contribution in [1.29, 1.82) is 0 Å². The third-order valence-corrected chi connectivity index (χ3v) is 3.17. The minimum Gasteiger partial charge on any atom is -0.494 e. The van der Waals surface area contributed by atoms with Gasteiger partial charge in [-0.1, -0.05) is 0 Å². The molecule has 0 saturated heterocycles. The molecule has 102 valence electrons. The van der Waals surface area contributed by atoms with Gasteiger partial charge in [0.2, 0.25) is 5.95 Å². The average molecular weight is 272 g/mol. The Morgan fingerprint density at radius 2 is 2.10 bits per heavy atom. The van der Waals surface area contributed by atoms with Crippen molar-refractivity contribution in [3.8, 4) is 11.4 Å². The van der Waals surface area contributed by atoms with Gasteiger partial charge in [-0.05, 0) is 30.7 Å². The Morgan fingerprint density at radius 1 is 1.30 bits per heavy atom. The van der Waals surface area contributed by atoms with Crippen LogP contribution in [0.25, 0.3) is 16.9 Å². The molecule has 5 nitrogen and oxygen atoms in total. The fraction of sp³-hybridized carbons (Fsp3) is 0.143. The molecule has 0 aliphatic heterocycles. The predicted octanol–water partition coefficient (Wildman–Crippen LogP) is 2.46. The van der Waals surface area contributed by atoms with Gasteiger partial charge in [-0.2, -0.15) is 0 Å². The molecule has 1 aromatic carbocycles. The number of aromatic nitrogens is 3. The number of rotatable bonds is 2. The molecule has 2 N–H and O–H groups in total. The van der Waals surface area contributed by atoms with E-state index in [1.165, 1.54) is 13.2 Å². The Balaban J connectivity index is 2.27. The number of anilines is 1. The van der Waals surface area contributed by atoms with E-state index >= 15 is 0 Å². The molecule has 0 bridgehead atoms. The van der Waals surface area contributed by atoms with E-state index in [4.69, 9.17) is 10.5 Å². The van der Waals surface area contributed by atoms with Crippen molar-refractivity contribution in [3.05, 3.63) is 41.8 Å². The summed E-state index contributed by atoms with van der Waals surface area (Å²) in [5.74, 6) is -0.00819. The van der Waals surface area contributed by atoms with Gasteiger partial charge in [-0.25, -0.2) is 14.4 Å². The van der Waals surface area contributed by atoms with E-state index in [0.717, 1.165) is 5.56 Å². The summed E-state index contributed by atoms with van der Waals surface area (Å²) in [6.07, 6.45) is 1.68. The molecule has 6 heteroatoms. The van der Waals surface area contributed by atoms with E-state index in [9.17, 15) is 4.39 Å². The normalized spacial score (nSPS) is 10.9. The molecular weight excluding hydrogens is 259 g/mol. The number of ether oxygens (including phenoxy) is 1. The number of halogens is 1. The first-order valence-electron chi connectivity index (χ1n) is 6.05. The highest BCUT2D eigenvalue weighted by atomic mass is 19.1. The number of nitrogens with two attached hydrogens (primary N) is 1. The van der Waals surface area contributed by atoms with Gasteiger partial charge in [-0.15, -0.1) is 0 Å². The Labute approximate surface area is 114 Å². The fourth-order valence-corrected chi connectivity index (χ4v) is 2.16. The molecule has 3 rings (SSSR count). The van der Waals surface area contributed by atoms with Gasteiger partial charge in [0.25, 0.3) is 0 Å². The number of hydrogen-bond donors (Lipinski definition) is 1. The number of aryl methyl sites for hydroxylation is 1. The van der Waals surface area contributed by atoms with Gasteiger partial charge < -0.3 is 10.5 Å². The molecule has 2 heterocycles. The highest BCUT2D eigenvalue weighted by Gasteiger charge is 2.14. The number of methoxy groups -OCH3 is 1. The van der Waals surface area contributed by atoms with Crippen molar-refractivity contribution < 1.29 is 9.13 Å². The first-order chi connectivity index (χ1) is 9.61. The van der Waals surface area contributed by atoms with Gasteiger partial charge in [0.1, 0.15) is 5.52 Å². The van der Waals surface area contributed by atoms with E-state index in [1.54, 1.807) is 22.9 Å². The molecule has 0 atom stereocenters. The predicted molar refractivity (Wildman–Crippen MR) is 74.5 cm³/mol. The first kappa shape index (κ1) is 12.4. The number of pyridine rings is 1. The maximum atomic E-state index is 13.8. The van der Waals surface area contributed by atoms with Crippen molar-refractivity contribution >= 4 is 17.1 Å². The maximum absolute atomic E-state index is 13.8. The molecule has 0 saturated carbocycles. The third-order valence-electron chi connectivity index (χ3n) is 3.17. The SMILES string of the molecule is COc1ccc(-n2c(N)nc3c(C)ccnc32)cc1F. The summed E-state index contributed by atoms with van der Waals surface area (Å²) in [4.78, 5) is 8.56. The number of nitrogens with zero attached hydrogens (tertiary/aromatic N) is 3. The van der Waals surface area contributed by atoms with Gasteiger partial charge in [0, 0.05) is 12.3 Å². The monoisotopic (exact) mass is 272 g/mol. The number of hydrogen-bond acceptors (Lipinski definition) is 4.